The molecule has 0 spiro atoms. The van der Waals surface area contributed by atoms with Gasteiger partial charge < -0.3 is 14.2 Å². The number of hydrogen-bond acceptors (Lipinski definition) is 6. The smallest absolute Gasteiger partial charge is 0.306 e. The van der Waals surface area contributed by atoms with Gasteiger partial charge in [-0.25, -0.2) is 0 Å². The number of rotatable bonds is 40. The number of hydrogen-bond donors (Lipinski definition) is 0. The van der Waals surface area contributed by atoms with Crippen molar-refractivity contribution in [3.8, 4) is 0 Å². The number of allylic oxidation sites excluding steroid dienone is 12. The number of ether oxygens (including phenoxy) is 3. The second-order valence-electron chi connectivity index (χ2n) is 14.9. The van der Waals surface area contributed by atoms with E-state index in [4.69, 9.17) is 14.2 Å². The van der Waals surface area contributed by atoms with Gasteiger partial charge in [-0.15, -0.1) is 0 Å². The molecule has 0 aliphatic heterocycles. The van der Waals surface area contributed by atoms with Gasteiger partial charge >= 0.3 is 17.9 Å². The topological polar surface area (TPSA) is 78.9 Å². The van der Waals surface area contributed by atoms with Crippen molar-refractivity contribution in [2.75, 3.05) is 13.2 Å². The lowest BCUT2D eigenvalue weighted by molar-refractivity contribution is -0.167. The van der Waals surface area contributed by atoms with Crippen molar-refractivity contribution in [1.82, 2.24) is 0 Å². The predicted octanol–water partition coefficient (Wildman–Crippen LogP) is 14.7. The van der Waals surface area contributed by atoms with Gasteiger partial charge in [0.15, 0.2) is 6.10 Å². The molecular weight excluding hydrogens is 697 g/mol. The lowest BCUT2D eigenvalue weighted by Crippen LogP contribution is -2.30. The van der Waals surface area contributed by atoms with E-state index in [1.54, 1.807) is 0 Å². The highest BCUT2D eigenvalue weighted by atomic mass is 16.6. The summed E-state index contributed by atoms with van der Waals surface area (Å²) in [5, 5.41) is 0. The minimum Gasteiger partial charge on any atom is -0.462 e. The van der Waals surface area contributed by atoms with Gasteiger partial charge in [-0.1, -0.05) is 177 Å². The zero-order chi connectivity index (χ0) is 40.8. The third kappa shape index (κ3) is 42.0. The van der Waals surface area contributed by atoms with Gasteiger partial charge in [0.2, 0.25) is 0 Å². The minimum atomic E-state index is -0.795. The zero-order valence-corrected chi connectivity index (χ0v) is 36.4. The Bertz CT molecular complexity index is 1080. The molecule has 0 aromatic rings. The van der Waals surface area contributed by atoms with Crippen LogP contribution in [0.4, 0.5) is 0 Å². The molecule has 0 fully saturated rings. The van der Waals surface area contributed by atoms with E-state index in [1.807, 2.05) is 0 Å². The average Bonchev–Trinajstić information content (AvgIpc) is 3.19. The molecule has 0 saturated heterocycles. The molecule has 0 bridgehead atoms. The van der Waals surface area contributed by atoms with E-state index in [0.717, 1.165) is 109 Å². The van der Waals surface area contributed by atoms with Crippen LogP contribution in [0.5, 0.6) is 0 Å². The summed E-state index contributed by atoms with van der Waals surface area (Å²) in [5.74, 6) is -0.959. The fraction of sp³-hybridized carbons (Fsp3) is 0.700. The van der Waals surface area contributed by atoms with Crippen LogP contribution >= 0.6 is 0 Å². The molecule has 0 saturated carbocycles. The first-order chi connectivity index (χ1) is 27.5. The van der Waals surface area contributed by atoms with E-state index >= 15 is 0 Å². The van der Waals surface area contributed by atoms with Crippen molar-refractivity contribution in [3.63, 3.8) is 0 Å². The maximum Gasteiger partial charge on any atom is 0.306 e. The Balaban J connectivity index is 4.46. The van der Waals surface area contributed by atoms with E-state index in [1.165, 1.54) is 57.8 Å². The van der Waals surface area contributed by atoms with Gasteiger partial charge in [0.1, 0.15) is 13.2 Å². The van der Waals surface area contributed by atoms with Crippen molar-refractivity contribution >= 4 is 17.9 Å². The average molecular weight is 781 g/mol. The van der Waals surface area contributed by atoms with Crippen molar-refractivity contribution in [2.24, 2.45) is 0 Å². The fourth-order valence-corrected chi connectivity index (χ4v) is 5.98. The van der Waals surface area contributed by atoms with Crippen molar-refractivity contribution in [1.29, 1.82) is 0 Å². The summed E-state index contributed by atoms with van der Waals surface area (Å²) in [6.45, 7) is 6.39. The van der Waals surface area contributed by atoms with Crippen LogP contribution in [0.2, 0.25) is 0 Å². The third-order valence-electron chi connectivity index (χ3n) is 9.45. The minimum absolute atomic E-state index is 0.0941. The maximum absolute atomic E-state index is 12.7. The highest BCUT2D eigenvalue weighted by molar-refractivity contribution is 5.71. The van der Waals surface area contributed by atoms with Gasteiger partial charge in [-0.2, -0.15) is 0 Å². The quantitative estimate of drug-likeness (QED) is 0.0267. The van der Waals surface area contributed by atoms with E-state index < -0.39 is 6.10 Å². The number of carbonyl (C=O) groups excluding carboxylic acids is 3. The van der Waals surface area contributed by atoms with Crippen molar-refractivity contribution in [2.45, 2.75) is 213 Å². The first kappa shape index (κ1) is 52.9. The SMILES string of the molecule is CC/C=C\C/C=C\C/C=C\C/C=C\CCCCC(=O)OC[C@@H](COC(=O)CCCCCCCCCCC)OC(=O)CCCCCCC/C=C\C/C=C\CCCC. The van der Waals surface area contributed by atoms with E-state index in [0.29, 0.717) is 19.3 Å². The van der Waals surface area contributed by atoms with Gasteiger partial charge in [-0.05, 0) is 83.5 Å². The molecule has 0 aromatic heterocycles. The summed E-state index contributed by atoms with van der Waals surface area (Å²) < 4.78 is 16.6. The molecule has 1 atom stereocenters. The standard InChI is InChI=1S/C50H84O6/c1-4-7-10-13-16-19-21-23-25-27-28-31-34-37-40-43-49(52)55-46-47(45-54-48(51)42-39-36-33-30-18-15-12-9-6-3)56-50(53)44-41-38-35-32-29-26-24-22-20-17-14-11-8-5-2/h7,10,14,16-17,19,22-25,28,31,47H,4-6,8-9,11-13,15,18,20-21,26-27,29-30,32-46H2,1-3H3/b10-7-,17-14-,19-16-,24-22-,25-23-,31-28-/t47-/m1/s1. The van der Waals surface area contributed by atoms with Gasteiger partial charge in [0, 0.05) is 19.3 Å². The van der Waals surface area contributed by atoms with Gasteiger partial charge in [0.05, 0.1) is 0 Å². The molecule has 0 N–H and O–H groups in total. The fourth-order valence-electron chi connectivity index (χ4n) is 5.98. The summed E-state index contributed by atoms with van der Waals surface area (Å²) in [6, 6.07) is 0. The monoisotopic (exact) mass is 781 g/mol. The lowest BCUT2D eigenvalue weighted by Gasteiger charge is -2.18. The molecular formula is C50H84O6. The highest BCUT2D eigenvalue weighted by Gasteiger charge is 2.19. The summed E-state index contributed by atoms with van der Waals surface area (Å²) in [6.07, 6.45) is 54.6. The summed E-state index contributed by atoms with van der Waals surface area (Å²) in [4.78, 5) is 37.7. The first-order valence-corrected chi connectivity index (χ1v) is 22.9. The van der Waals surface area contributed by atoms with Crippen LogP contribution in [0.15, 0.2) is 72.9 Å². The molecule has 0 unspecified atom stereocenters. The van der Waals surface area contributed by atoms with Gasteiger partial charge in [0.25, 0.3) is 0 Å². The molecule has 0 rings (SSSR count). The Morgan fingerprint density at radius 1 is 0.375 bits per heavy atom. The van der Waals surface area contributed by atoms with Crippen LogP contribution in [0, 0.1) is 0 Å². The summed E-state index contributed by atoms with van der Waals surface area (Å²) in [5.41, 5.74) is 0. The summed E-state index contributed by atoms with van der Waals surface area (Å²) in [7, 11) is 0. The molecule has 0 aliphatic rings. The van der Waals surface area contributed by atoms with Crippen LogP contribution in [-0.4, -0.2) is 37.2 Å². The maximum atomic E-state index is 12.7. The normalized spacial score (nSPS) is 12.7. The molecule has 320 valence electrons. The van der Waals surface area contributed by atoms with E-state index in [2.05, 4.69) is 93.7 Å². The molecule has 0 radical (unpaired) electrons. The summed E-state index contributed by atoms with van der Waals surface area (Å²) >= 11 is 0. The van der Waals surface area contributed by atoms with Crippen LogP contribution in [0.1, 0.15) is 207 Å². The van der Waals surface area contributed by atoms with Crippen LogP contribution < -0.4 is 0 Å². The van der Waals surface area contributed by atoms with Crippen molar-refractivity contribution in [3.05, 3.63) is 72.9 Å². The Morgan fingerprint density at radius 3 is 1.18 bits per heavy atom. The Hall–Kier alpha value is -3.15. The van der Waals surface area contributed by atoms with Crippen molar-refractivity contribution < 1.29 is 28.6 Å². The molecule has 0 aliphatic carbocycles. The number of esters is 3. The van der Waals surface area contributed by atoms with Crippen LogP contribution in [-0.2, 0) is 28.6 Å². The molecule has 56 heavy (non-hydrogen) atoms. The van der Waals surface area contributed by atoms with Crippen LogP contribution in [0.25, 0.3) is 0 Å². The molecule has 0 aromatic carbocycles. The molecule has 6 heteroatoms. The Labute approximate surface area is 344 Å². The first-order valence-electron chi connectivity index (χ1n) is 22.9. The largest absolute Gasteiger partial charge is 0.462 e. The van der Waals surface area contributed by atoms with E-state index in [-0.39, 0.29) is 31.1 Å². The Morgan fingerprint density at radius 2 is 0.714 bits per heavy atom. The second-order valence-corrected chi connectivity index (χ2v) is 14.9. The predicted molar refractivity (Wildman–Crippen MR) is 238 cm³/mol. The van der Waals surface area contributed by atoms with Gasteiger partial charge in [-0.3, -0.25) is 14.4 Å². The van der Waals surface area contributed by atoms with Crippen LogP contribution in [0.3, 0.4) is 0 Å². The molecule has 0 heterocycles. The lowest BCUT2D eigenvalue weighted by atomic mass is 10.1. The number of unbranched alkanes of at least 4 members (excludes halogenated alkanes) is 17. The second kappa shape index (κ2) is 44.6. The number of carbonyl (C=O) groups is 3. The van der Waals surface area contributed by atoms with E-state index in [9.17, 15) is 14.4 Å². The molecule has 6 nitrogen and oxygen atoms in total. The third-order valence-corrected chi connectivity index (χ3v) is 9.45. The Kier molecular flexibility index (Phi) is 42.1. The zero-order valence-electron chi connectivity index (χ0n) is 36.4. The molecule has 0 amide bonds. The highest BCUT2D eigenvalue weighted by Crippen LogP contribution is 2.13.